The molecule has 1 aliphatic rings. The number of carbonyl (C=O) groups is 1. The Morgan fingerprint density at radius 2 is 2.32 bits per heavy atom. The molecule has 1 unspecified atom stereocenters. The predicted octanol–water partition coefficient (Wildman–Crippen LogP) is 2.07. The van der Waals surface area contributed by atoms with E-state index in [0.29, 0.717) is 24.5 Å². The monoisotopic (exact) mass is 264 g/mol. The summed E-state index contributed by atoms with van der Waals surface area (Å²) in [6, 6.07) is 7.03. The third-order valence-corrected chi connectivity index (χ3v) is 3.28. The van der Waals surface area contributed by atoms with Gasteiger partial charge in [-0.05, 0) is 31.9 Å². The number of β-amino-alcohol motifs (C(OH)–C–C–N with tert-alkyl or cyclic N) is 1. The van der Waals surface area contributed by atoms with Gasteiger partial charge in [0, 0.05) is 18.3 Å². The lowest BCUT2D eigenvalue weighted by atomic mass is 9.95. The van der Waals surface area contributed by atoms with Gasteiger partial charge in [-0.15, -0.1) is 0 Å². The highest BCUT2D eigenvalue weighted by atomic mass is 16.5. The van der Waals surface area contributed by atoms with Crippen molar-refractivity contribution < 1.29 is 14.6 Å². The maximum atomic E-state index is 12.1. The first-order valence-corrected chi connectivity index (χ1v) is 6.42. The zero-order valence-electron chi connectivity index (χ0n) is 11.3. The molecule has 1 aromatic rings. The minimum Gasteiger partial charge on any atom is -0.497 e. The summed E-state index contributed by atoms with van der Waals surface area (Å²) in [6.45, 7) is 2.80. The molecule has 1 fully saturated rings. The van der Waals surface area contributed by atoms with E-state index in [2.05, 4.69) is 5.32 Å². The molecule has 1 heterocycles. The molecular formula is C14H20N2O3. The summed E-state index contributed by atoms with van der Waals surface area (Å²) in [5, 5.41) is 12.8. The highest BCUT2D eigenvalue weighted by Gasteiger charge is 2.30. The molecule has 0 saturated carbocycles. The van der Waals surface area contributed by atoms with Crippen LogP contribution in [0.3, 0.4) is 0 Å². The molecule has 0 aliphatic carbocycles. The van der Waals surface area contributed by atoms with Crippen LogP contribution in [0.4, 0.5) is 10.5 Å². The van der Waals surface area contributed by atoms with Gasteiger partial charge >= 0.3 is 6.03 Å². The lowest BCUT2D eigenvalue weighted by Crippen LogP contribution is -2.49. The van der Waals surface area contributed by atoms with Crippen molar-refractivity contribution in [3.8, 4) is 5.75 Å². The van der Waals surface area contributed by atoms with E-state index in [-0.39, 0.29) is 6.03 Å². The number of benzene rings is 1. The fraction of sp³-hybridized carbons (Fsp3) is 0.500. The number of nitrogens with zero attached hydrogens (tertiary/aromatic N) is 1. The van der Waals surface area contributed by atoms with Crippen LogP contribution in [0.2, 0.25) is 0 Å². The van der Waals surface area contributed by atoms with E-state index in [0.717, 1.165) is 12.8 Å². The van der Waals surface area contributed by atoms with Gasteiger partial charge in [0.05, 0.1) is 19.3 Å². The maximum Gasteiger partial charge on any atom is 0.321 e. The van der Waals surface area contributed by atoms with Crippen molar-refractivity contribution in [2.24, 2.45) is 0 Å². The molecule has 1 atom stereocenters. The summed E-state index contributed by atoms with van der Waals surface area (Å²) in [7, 11) is 1.59. The lowest BCUT2D eigenvalue weighted by Gasteiger charge is -2.36. The van der Waals surface area contributed by atoms with Gasteiger partial charge < -0.3 is 20.1 Å². The molecule has 2 N–H and O–H groups in total. The fourth-order valence-corrected chi connectivity index (χ4v) is 2.30. The number of hydrogen-bond acceptors (Lipinski definition) is 3. The number of amides is 2. The van der Waals surface area contributed by atoms with Gasteiger partial charge in [-0.3, -0.25) is 0 Å². The third kappa shape index (κ3) is 3.61. The van der Waals surface area contributed by atoms with E-state index >= 15 is 0 Å². The summed E-state index contributed by atoms with van der Waals surface area (Å²) in [6.07, 6.45) is 1.55. The second-order valence-corrected chi connectivity index (χ2v) is 5.18. The van der Waals surface area contributed by atoms with Crippen molar-refractivity contribution in [1.29, 1.82) is 0 Å². The van der Waals surface area contributed by atoms with E-state index < -0.39 is 5.60 Å². The smallest absolute Gasteiger partial charge is 0.321 e. The van der Waals surface area contributed by atoms with Crippen molar-refractivity contribution in [3.05, 3.63) is 24.3 Å². The molecule has 2 amide bonds. The Kier molecular flexibility index (Phi) is 3.95. The van der Waals surface area contributed by atoms with Crippen LogP contribution < -0.4 is 10.1 Å². The number of methoxy groups -OCH3 is 1. The van der Waals surface area contributed by atoms with E-state index in [1.165, 1.54) is 0 Å². The summed E-state index contributed by atoms with van der Waals surface area (Å²) >= 11 is 0. The number of urea groups is 1. The number of rotatable bonds is 2. The van der Waals surface area contributed by atoms with Gasteiger partial charge in [-0.1, -0.05) is 6.07 Å². The van der Waals surface area contributed by atoms with Gasteiger partial charge in [0.15, 0.2) is 0 Å². The van der Waals surface area contributed by atoms with Crippen LogP contribution in [0.1, 0.15) is 19.8 Å². The maximum absolute atomic E-state index is 12.1. The fourth-order valence-electron chi connectivity index (χ4n) is 2.30. The zero-order valence-corrected chi connectivity index (χ0v) is 11.3. The van der Waals surface area contributed by atoms with Crippen molar-refractivity contribution in [2.75, 3.05) is 25.5 Å². The molecule has 5 nitrogen and oxygen atoms in total. The zero-order chi connectivity index (χ0) is 13.9. The molecule has 19 heavy (non-hydrogen) atoms. The Bertz CT molecular complexity index is 460. The van der Waals surface area contributed by atoms with E-state index in [1.54, 1.807) is 25.0 Å². The van der Waals surface area contributed by atoms with Gasteiger partial charge in [0.1, 0.15) is 5.75 Å². The van der Waals surface area contributed by atoms with Crippen LogP contribution in [0.5, 0.6) is 5.75 Å². The Balaban J connectivity index is 2.00. The van der Waals surface area contributed by atoms with Gasteiger partial charge in [-0.25, -0.2) is 4.79 Å². The minimum atomic E-state index is -0.788. The number of likely N-dealkylation sites (tertiary alicyclic amines) is 1. The van der Waals surface area contributed by atoms with Crippen LogP contribution in [0.25, 0.3) is 0 Å². The molecule has 0 aromatic heterocycles. The van der Waals surface area contributed by atoms with Crippen LogP contribution in [0, 0.1) is 0 Å². The molecule has 104 valence electrons. The average Bonchev–Trinajstić information content (AvgIpc) is 2.37. The van der Waals surface area contributed by atoms with Crippen LogP contribution in [-0.2, 0) is 0 Å². The summed E-state index contributed by atoms with van der Waals surface area (Å²) in [5.74, 6) is 0.698. The number of carbonyl (C=O) groups excluding carboxylic acids is 1. The number of nitrogens with one attached hydrogen (secondary N) is 1. The Labute approximate surface area is 113 Å². The standard InChI is InChI=1S/C14H20N2O3/c1-14(18)7-4-8-16(10-14)13(17)15-11-5-3-6-12(9-11)19-2/h3,5-6,9,18H,4,7-8,10H2,1-2H3,(H,15,17). The van der Waals surface area contributed by atoms with Crippen LogP contribution in [0.15, 0.2) is 24.3 Å². The minimum absolute atomic E-state index is 0.187. The molecule has 0 spiro atoms. The first-order chi connectivity index (χ1) is 9.00. The second-order valence-electron chi connectivity index (χ2n) is 5.18. The largest absolute Gasteiger partial charge is 0.497 e. The molecular weight excluding hydrogens is 244 g/mol. The molecule has 0 radical (unpaired) electrons. The van der Waals surface area contributed by atoms with Crippen molar-refractivity contribution >= 4 is 11.7 Å². The molecule has 0 bridgehead atoms. The third-order valence-electron chi connectivity index (χ3n) is 3.28. The number of piperidine rings is 1. The summed E-state index contributed by atoms with van der Waals surface area (Å²) in [5.41, 5.74) is -0.0983. The Morgan fingerprint density at radius 3 is 3.00 bits per heavy atom. The number of anilines is 1. The average molecular weight is 264 g/mol. The summed E-state index contributed by atoms with van der Waals surface area (Å²) < 4.78 is 5.11. The quantitative estimate of drug-likeness (QED) is 0.859. The number of aliphatic hydroxyl groups is 1. The molecule has 1 saturated heterocycles. The van der Waals surface area contributed by atoms with Crippen molar-refractivity contribution in [1.82, 2.24) is 4.90 Å². The van der Waals surface area contributed by atoms with Crippen molar-refractivity contribution in [2.45, 2.75) is 25.4 Å². The summed E-state index contributed by atoms with van der Waals surface area (Å²) in [4.78, 5) is 13.8. The van der Waals surface area contributed by atoms with Crippen molar-refractivity contribution in [3.63, 3.8) is 0 Å². The first kappa shape index (κ1) is 13.7. The van der Waals surface area contributed by atoms with E-state index in [4.69, 9.17) is 4.74 Å². The lowest BCUT2D eigenvalue weighted by molar-refractivity contribution is -0.000635. The normalized spacial score (nSPS) is 23.0. The van der Waals surface area contributed by atoms with E-state index in [1.807, 2.05) is 18.2 Å². The Hall–Kier alpha value is -1.75. The van der Waals surface area contributed by atoms with Gasteiger partial charge in [0.25, 0.3) is 0 Å². The number of ether oxygens (including phenoxy) is 1. The number of hydrogen-bond donors (Lipinski definition) is 2. The van der Waals surface area contributed by atoms with E-state index in [9.17, 15) is 9.90 Å². The van der Waals surface area contributed by atoms with Crippen LogP contribution in [-0.4, -0.2) is 41.8 Å². The molecule has 5 heteroatoms. The molecule has 1 aliphatic heterocycles. The second kappa shape index (κ2) is 5.48. The SMILES string of the molecule is COc1cccc(NC(=O)N2CCCC(C)(O)C2)c1. The van der Waals surface area contributed by atoms with Gasteiger partial charge in [-0.2, -0.15) is 0 Å². The highest BCUT2D eigenvalue weighted by Crippen LogP contribution is 2.22. The molecule has 2 rings (SSSR count). The first-order valence-electron chi connectivity index (χ1n) is 6.42. The highest BCUT2D eigenvalue weighted by molar-refractivity contribution is 5.89. The van der Waals surface area contributed by atoms with Crippen LogP contribution >= 0.6 is 0 Å². The molecule has 1 aromatic carbocycles. The Morgan fingerprint density at radius 1 is 1.53 bits per heavy atom. The predicted molar refractivity (Wildman–Crippen MR) is 73.4 cm³/mol. The van der Waals surface area contributed by atoms with Gasteiger partial charge in [0.2, 0.25) is 0 Å². The topological polar surface area (TPSA) is 61.8 Å².